The largest absolute Gasteiger partial charge is 0.405 e. The third kappa shape index (κ3) is 3.79. The van der Waals surface area contributed by atoms with E-state index >= 15 is 0 Å². The van der Waals surface area contributed by atoms with Gasteiger partial charge in [0.1, 0.15) is 29.3 Å². The molecule has 1 aliphatic rings. The molecule has 0 spiro atoms. The number of amides is 2. The molecule has 0 aliphatic carbocycles. The Labute approximate surface area is 162 Å². The molecule has 3 aromatic rings. The number of imidazole rings is 1. The number of hydrogen-bond donors (Lipinski definition) is 4. The van der Waals surface area contributed by atoms with Gasteiger partial charge in [0.2, 0.25) is 0 Å². The van der Waals surface area contributed by atoms with Crippen LogP contribution in [0.4, 0.5) is 18.0 Å². The molecule has 0 radical (unpaired) electrons. The predicted octanol–water partition coefficient (Wildman–Crippen LogP) is 1.54. The molecule has 2 amide bonds. The van der Waals surface area contributed by atoms with Crippen molar-refractivity contribution < 1.29 is 23.1 Å². The van der Waals surface area contributed by atoms with Crippen molar-refractivity contribution in [2.75, 3.05) is 24.6 Å². The van der Waals surface area contributed by atoms with E-state index in [1.165, 1.54) is 0 Å². The molecule has 0 aromatic carbocycles. The fraction of sp³-hybridized carbons (Fsp3) is 0.471. The molecular formula is C17H20F3N7O2. The van der Waals surface area contributed by atoms with Gasteiger partial charge in [0, 0.05) is 18.1 Å². The number of rotatable bonds is 4. The van der Waals surface area contributed by atoms with Crippen molar-refractivity contribution in [3.63, 3.8) is 0 Å². The minimum atomic E-state index is -4.46. The van der Waals surface area contributed by atoms with E-state index in [0.717, 1.165) is 10.9 Å². The highest BCUT2D eigenvalue weighted by molar-refractivity contribution is 6.01. The zero-order valence-electron chi connectivity index (χ0n) is 15.5. The lowest BCUT2D eigenvalue weighted by molar-refractivity contribution is -0.122. The summed E-state index contributed by atoms with van der Waals surface area (Å²) in [7, 11) is 0. The molecule has 2 atom stereocenters. The van der Waals surface area contributed by atoms with Crippen LogP contribution in [0.3, 0.4) is 0 Å². The van der Waals surface area contributed by atoms with Crippen molar-refractivity contribution >= 4 is 28.1 Å². The summed E-state index contributed by atoms with van der Waals surface area (Å²) in [6.45, 7) is 1.12. The van der Waals surface area contributed by atoms with E-state index in [1.807, 2.05) is 21.1 Å². The van der Waals surface area contributed by atoms with Crippen LogP contribution >= 0.6 is 0 Å². The van der Waals surface area contributed by atoms with Gasteiger partial charge in [-0.25, -0.2) is 19.4 Å². The summed E-state index contributed by atoms with van der Waals surface area (Å²) in [6, 6.07) is 0.661. The number of carbonyl (C=O) groups excluding carboxylic acids is 1. The molecular weight excluding hydrogens is 391 g/mol. The van der Waals surface area contributed by atoms with E-state index in [1.54, 1.807) is 19.3 Å². The third-order valence-electron chi connectivity index (χ3n) is 4.81. The number of nitrogens with zero attached hydrogens (tertiary/aromatic N) is 4. The van der Waals surface area contributed by atoms with Gasteiger partial charge in [-0.2, -0.15) is 13.2 Å². The Morgan fingerprint density at radius 3 is 3.00 bits per heavy atom. The van der Waals surface area contributed by atoms with Gasteiger partial charge in [0.05, 0.1) is 18.8 Å². The van der Waals surface area contributed by atoms with Crippen LogP contribution in [-0.2, 0) is 0 Å². The summed E-state index contributed by atoms with van der Waals surface area (Å²) >= 11 is 0. The zero-order valence-corrected chi connectivity index (χ0v) is 15.5. The van der Waals surface area contributed by atoms with Crippen LogP contribution in [0.25, 0.3) is 22.1 Å². The zero-order chi connectivity index (χ0) is 20.8. The molecule has 1 aliphatic heterocycles. The van der Waals surface area contributed by atoms with Crippen LogP contribution in [0.15, 0.2) is 18.5 Å². The van der Waals surface area contributed by atoms with Gasteiger partial charge >= 0.3 is 12.2 Å². The number of hydrogen-bond acceptors (Lipinski definition) is 5. The van der Waals surface area contributed by atoms with Crippen LogP contribution in [-0.4, -0.2) is 62.6 Å². The number of fused-ring (bicyclic) bond motifs is 3. The standard InChI is InChI=1S/C17H20F3N7O2/c1-9(28)15-25-12-6-22-14-11(2-4-21-14)13(12)27(15)26-5-3-10(7-26)24-16(29)23-8-17(18,19)20/h2,4,6,9-10,28H,3,5,7-8H2,1H3,(H,21,22)(H2,23,24,29)/t9-,10-/m1/s1. The van der Waals surface area contributed by atoms with E-state index in [2.05, 4.69) is 20.3 Å². The molecule has 4 heterocycles. The van der Waals surface area contributed by atoms with Crippen LogP contribution in [0.5, 0.6) is 0 Å². The second kappa shape index (κ2) is 7.10. The highest BCUT2D eigenvalue weighted by Gasteiger charge is 2.31. The van der Waals surface area contributed by atoms with Crippen LogP contribution in [0.1, 0.15) is 25.3 Å². The van der Waals surface area contributed by atoms with E-state index in [-0.39, 0.29) is 6.04 Å². The highest BCUT2D eigenvalue weighted by atomic mass is 19.4. The van der Waals surface area contributed by atoms with Gasteiger partial charge in [-0.3, -0.25) is 0 Å². The quantitative estimate of drug-likeness (QED) is 0.521. The highest BCUT2D eigenvalue weighted by Crippen LogP contribution is 2.28. The molecule has 0 saturated carbocycles. The Bertz CT molecular complexity index is 1040. The molecule has 1 fully saturated rings. The Morgan fingerprint density at radius 2 is 2.28 bits per heavy atom. The number of aromatic amines is 1. The fourth-order valence-electron chi connectivity index (χ4n) is 3.59. The van der Waals surface area contributed by atoms with Gasteiger partial charge < -0.3 is 25.7 Å². The van der Waals surface area contributed by atoms with E-state index in [4.69, 9.17) is 0 Å². The number of urea groups is 1. The summed E-state index contributed by atoms with van der Waals surface area (Å²) in [5.41, 5.74) is 2.07. The summed E-state index contributed by atoms with van der Waals surface area (Å²) in [4.78, 5) is 23.6. The monoisotopic (exact) mass is 411 g/mol. The second-order valence-corrected chi connectivity index (χ2v) is 7.03. The number of aromatic nitrogens is 4. The van der Waals surface area contributed by atoms with E-state index in [0.29, 0.717) is 36.5 Å². The summed E-state index contributed by atoms with van der Waals surface area (Å²) in [5.74, 6) is 0.428. The van der Waals surface area contributed by atoms with Gasteiger partial charge in [-0.15, -0.1) is 0 Å². The molecule has 4 N–H and O–H groups in total. The summed E-state index contributed by atoms with van der Waals surface area (Å²) in [5, 5.41) is 17.4. The number of alkyl halides is 3. The first kappa shape index (κ1) is 19.3. The summed E-state index contributed by atoms with van der Waals surface area (Å²) < 4.78 is 38.6. The first-order valence-corrected chi connectivity index (χ1v) is 9.12. The maximum atomic E-state index is 12.3. The molecule has 1 saturated heterocycles. The van der Waals surface area contributed by atoms with Gasteiger partial charge in [-0.1, -0.05) is 0 Å². The Balaban J connectivity index is 1.58. The number of halogens is 3. The van der Waals surface area contributed by atoms with E-state index in [9.17, 15) is 23.1 Å². The van der Waals surface area contributed by atoms with E-state index < -0.39 is 24.9 Å². The lowest BCUT2D eigenvalue weighted by atomic mass is 10.3. The van der Waals surface area contributed by atoms with Gasteiger partial charge in [-0.05, 0) is 19.4 Å². The van der Waals surface area contributed by atoms with Crippen LogP contribution in [0, 0.1) is 0 Å². The molecule has 156 valence electrons. The molecule has 0 unspecified atom stereocenters. The van der Waals surface area contributed by atoms with Crippen molar-refractivity contribution in [2.24, 2.45) is 0 Å². The summed E-state index contributed by atoms with van der Waals surface area (Å²) in [6.07, 6.45) is -1.39. The topological polar surface area (TPSA) is 111 Å². The van der Waals surface area contributed by atoms with Crippen molar-refractivity contribution in [1.82, 2.24) is 30.3 Å². The number of aliphatic hydroxyl groups is 1. The molecule has 12 heteroatoms. The normalized spacial score (nSPS) is 18.5. The van der Waals surface area contributed by atoms with Crippen molar-refractivity contribution in [2.45, 2.75) is 31.7 Å². The Morgan fingerprint density at radius 1 is 1.48 bits per heavy atom. The smallest absolute Gasteiger partial charge is 0.385 e. The molecule has 29 heavy (non-hydrogen) atoms. The van der Waals surface area contributed by atoms with Crippen LogP contribution in [0.2, 0.25) is 0 Å². The van der Waals surface area contributed by atoms with Crippen molar-refractivity contribution in [3.05, 3.63) is 24.3 Å². The van der Waals surface area contributed by atoms with Gasteiger partial charge in [0.25, 0.3) is 0 Å². The lowest BCUT2D eigenvalue weighted by Gasteiger charge is -2.24. The lowest BCUT2D eigenvalue weighted by Crippen LogP contribution is -2.47. The fourth-order valence-corrected chi connectivity index (χ4v) is 3.59. The number of H-pyrrole nitrogens is 1. The Hall–Kier alpha value is -3.02. The molecule has 0 bridgehead atoms. The molecule has 3 aromatic heterocycles. The molecule has 4 rings (SSSR count). The van der Waals surface area contributed by atoms with Crippen LogP contribution < -0.4 is 15.6 Å². The maximum absolute atomic E-state index is 12.3. The number of aliphatic hydroxyl groups excluding tert-OH is 1. The number of pyridine rings is 1. The minimum absolute atomic E-state index is 0.342. The first-order valence-electron chi connectivity index (χ1n) is 9.12. The molecule has 9 nitrogen and oxygen atoms in total. The second-order valence-electron chi connectivity index (χ2n) is 7.03. The average molecular weight is 411 g/mol. The number of nitrogens with one attached hydrogen (secondary N) is 3. The third-order valence-corrected chi connectivity index (χ3v) is 4.81. The average Bonchev–Trinajstić information content (AvgIpc) is 3.35. The van der Waals surface area contributed by atoms with Crippen molar-refractivity contribution in [1.29, 1.82) is 0 Å². The SMILES string of the molecule is C[C@@H](O)c1nc2cnc3[nH]ccc3c2n1N1CC[C@@H](NC(=O)NCC(F)(F)F)C1. The van der Waals surface area contributed by atoms with Crippen molar-refractivity contribution in [3.8, 4) is 0 Å². The first-order chi connectivity index (χ1) is 13.7. The number of carbonyl (C=O) groups is 1. The minimum Gasteiger partial charge on any atom is -0.385 e. The van der Waals surface area contributed by atoms with Gasteiger partial charge in [0.15, 0.2) is 5.82 Å². The maximum Gasteiger partial charge on any atom is 0.405 e. The predicted molar refractivity (Wildman–Crippen MR) is 99.0 cm³/mol. The Kier molecular flexibility index (Phi) is 4.73.